The maximum absolute atomic E-state index is 12.7. The Balaban J connectivity index is 0.000000461. The summed E-state index contributed by atoms with van der Waals surface area (Å²) >= 11 is 0. The van der Waals surface area contributed by atoms with Gasteiger partial charge >= 0.3 is 6.08 Å². The first-order chi connectivity index (χ1) is 6.68. The van der Waals surface area contributed by atoms with Crippen LogP contribution in [0.1, 0.15) is 19.5 Å². The molecule has 2 heterocycles. The van der Waals surface area contributed by atoms with Crippen LogP contribution in [-0.2, 0) is 7.05 Å². The second-order valence-electron chi connectivity index (χ2n) is 2.61. The maximum Gasteiger partial charge on any atom is 0.310 e. The molecule has 0 unspecified atom stereocenters. The molecule has 0 aliphatic heterocycles. The van der Waals surface area contributed by atoms with Gasteiger partial charge in [0.2, 0.25) is 0 Å². The van der Waals surface area contributed by atoms with Crippen molar-refractivity contribution >= 4 is 11.2 Å². The van der Waals surface area contributed by atoms with E-state index < -0.39 is 6.08 Å². The number of imidazole rings is 1. The molecule has 4 nitrogen and oxygen atoms in total. The van der Waals surface area contributed by atoms with Crippen molar-refractivity contribution in [3.63, 3.8) is 0 Å². The zero-order valence-corrected chi connectivity index (χ0v) is 8.74. The Morgan fingerprint density at radius 2 is 1.93 bits per heavy atom. The van der Waals surface area contributed by atoms with Crippen LogP contribution in [0.3, 0.4) is 0 Å². The molecule has 2 aromatic heterocycles. The van der Waals surface area contributed by atoms with Crippen LogP contribution in [0, 0.1) is 13.0 Å². The molecule has 0 amide bonds. The molecular weight excluding hydrogens is 183 g/mol. The highest BCUT2D eigenvalue weighted by molar-refractivity contribution is 5.72. The largest absolute Gasteiger partial charge is 0.318 e. The highest BCUT2D eigenvalue weighted by atomic mass is 19.1. The zero-order chi connectivity index (χ0) is 10.7. The van der Waals surface area contributed by atoms with Gasteiger partial charge in [-0.25, -0.2) is 9.97 Å². The van der Waals surface area contributed by atoms with Gasteiger partial charge in [-0.05, 0) is 6.92 Å². The van der Waals surface area contributed by atoms with Crippen molar-refractivity contribution in [2.75, 3.05) is 0 Å². The predicted molar refractivity (Wildman–Crippen MR) is 52.3 cm³/mol. The normalized spacial score (nSPS) is 9.79. The van der Waals surface area contributed by atoms with E-state index in [2.05, 4.69) is 15.0 Å². The molecule has 2 aromatic rings. The van der Waals surface area contributed by atoms with Crippen molar-refractivity contribution in [3.8, 4) is 0 Å². The van der Waals surface area contributed by atoms with Crippen molar-refractivity contribution in [1.29, 1.82) is 0 Å². The van der Waals surface area contributed by atoms with Gasteiger partial charge in [-0.3, -0.25) is 0 Å². The molecule has 76 valence electrons. The molecule has 5 heteroatoms. The Morgan fingerprint density at radius 1 is 1.29 bits per heavy atom. The lowest BCUT2D eigenvalue weighted by atomic mass is 10.4. The summed E-state index contributed by atoms with van der Waals surface area (Å²) < 4.78 is 14.4. The van der Waals surface area contributed by atoms with E-state index in [1.165, 1.54) is 0 Å². The monoisotopic (exact) mass is 196 g/mol. The molecule has 0 fully saturated rings. The SMILES string of the molecule is CC.Cc1nc(F)nc2c1ncn2C. The zero-order valence-electron chi connectivity index (χ0n) is 8.74. The molecular formula is C9H13FN4. The number of hydrogen-bond acceptors (Lipinski definition) is 3. The Morgan fingerprint density at radius 3 is 2.57 bits per heavy atom. The van der Waals surface area contributed by atoms with E-state index in [9.17, 15) is 4.39 Å². The lowest BCUT2D eigenvalue weighted by molar-refractivity contribution is 0.539. The maximum atomic E-state index is 12.7. The summed E-state index contributed by atoms with van der Waals surface area (Å²) in [5, 5.41) is 0. The summed E-state index contributed by atoms with van der Waals surface area (Å²) in [5.74, 6) is 0. The van der Waals surface area contributed by atoms with Gasteiger partial charge in [0.15, 0.2) is 5.65 Å². The van der Waals surface area contributed by atoms with Gasteiger partial charge in [0.25, 0.3) is 0 Å². The second-order valence-corrected chi connectivity index (χ2v) is 2.61. The minimum absolute atomic E-state index is 0.528. The predicted octanol–water partition coefficient (Wildman–Crippen LogP) is 1.84. The van der Waals surface area contributed by atoms with Gasteiger partial charge < -0.3 is 4.57 Å². The highest BCUT2D eigenvalue weighted by Crippen LogP contribution is 2.11. The Hall–Kier alpha value is -1.52. The van der Waals surface area contributed by atoms with E-state index in [4.69, 9.17) is 0 Å². The van der Waals surface area contributed by atoms with E-state index >= 15 is 0 Å². The fourth-order valence-corrected chi connectivity index (χ4v) is 1.11. The molecule has 14 heavy (non-hydrogen) atoms. The summed E-state index contributed by atoms with van der Waals surface area (Å²) in [4.78, 5) is 11.2. The van der Waals surface area contributed by atoms with E-state index in [0.29, 0.717) is 16.9 Å². The molecule has 0 aliphatic carbocycles. The van der Waals surface area contributed by atoms with E-state index in [0.717, 1.165) is 0 Å². The molecule has 0 saturated carbocycles. The molecule has 0 radical (unpaired) electrons. The number of halogens is 1. The molecule has 0 aromatic carbocycles. The second kappa shape index (κ2) is 4.13. The van der Waals surface area contributed by atoms with E-state index in [1.54, 1.807) is 24.9 Å². The van der Waals surface area contributed by atoms with Crippen LogP contribution in [0.5, 0.6) is 0 Å². The van der Waals surface area contributed by atoms with Gasteiger partial charge in [0, 0.05) is 7.05 Å². The van der Waals surface area contributed by atoms with Crippen LogP contribution in [0.2, 0.25) is 0 Å². The van der Waals surface area contributed by atoms with Crippen molar-refractivity contribution < 1.29 is 4.39 Å². The Kier molecular flexibility index (Phi) is 3.11. The standard InChI is InChI=1S/C7H7FN4.C2H6/c1-4-5-6(11-7(8)10-4)12(2)3-9-5;1-2/h3H,1-2H3;1-2H3. The van der Waals surface area contributed by atoms with E-state index in [-0.39, 0.29) is 0 Å². The topological polar surface area (TPSA) is 43.6 Å². The molecule has 2 rings (SSSR count). The average Bonchev–Trinajstić information content (AvgIpc) is 2.52. The molecule has 0 N–H and O–H groups in total. The molecule has 0 aliphatic rings. The van der Waals surface area contributed by atoms with Crippen molar-refractivity contribution in [2.24, 2.45) is 7.05 Å². The number of nitrogens with zero attached hydrogens (tertiary/aromatic N) is 4. The van der Waals surface area contributed by atoms with Gasteiger partial charge in [-0.15, -0.1) is 0 Å². The van der Waals surface area contributed by atoms with Crippen LogP contribution in [0.25, 0.3) is 11.2 Å². The number of fused-ring (bicyclic) bond motifs is 1. The Bertz CT molecular complexity index is 436. The summed E-state index contributed by atoms with van der Waals surface area (Å²) in [6.45, 7) is 5.71. The summed E-state index contributed by atoms with van der Waals surface area (Å²) in [6, 6.07) is 0. The minimum Gasteiger partial charge on any atom is -0.318 e. The van der Waals surface area contributed by atoms with Crippen molar-refractivity contribution in [1.82, 2.24) is 19.5 Å². The summed E-state index contributed by atoms with van der Waals surface area (Å²) in [5.41, 5.74) is 1.75. The third-order valence-electron chi connectivity index (χ3n) is 1.71. The number of hydrogen-bond donors (Lipinski definition) is 0. The highest BCUT2D eigenvalue weighted by Gasteiger charge is 2.07. The van der Waals surface area contributed by atoms with Crippen molar-refractivity contribution in [3.05, 3.63) is 18.1 Å². The summed E-state index contributed by atoms with van der Waals surface area (Å²) in [7, 11) is 1.77. The first-order valence-electron chi connectivity index (χ1n) is 4.49. The third-order valence-corrected chi connectivity index (χ3v) is 1.71. The lowest BCUT2D eigenvalue weighted by Gasteiger charge is -1.95. The lowest BCUT2D eigenvalue weighted by Crippen LogP contribution is -1.96. The van der Waals surface area contributed by atoms with Crippen molar-refractivity contribution in [2.45, 2.75) is 20.8 Å². The molecule has 0 atom stereocenters. The van der Waals surface area contributed by atoms with Gasteiger partial charge in [-0.2, -0.15) is 9.37 Å². The smallest absolute Gasteiger partial charge is 0.310 e. The molecule has 0 saturated heterocycles. The van der Waals surface area contributed by atoms with Gasteiger partial charge in [0.1, 0.15) is 5.52 Å². The van der Waals surface area contributed by atoms with Gasteiger partial charge in [0.05, 0.1) is 12.0 Å². The number of rotatable bonds is 0. The fraction of sp³-hybridized carbons (Fsp3) is 0.444. The third kappa shape index (κ3) is 1.71. The Labute approximate surface area is 81.8 Å². The molecule has 0 spiro atoms. The first kappa shape index (κ1) is 10.6. The van der Waals surface area contributed by atoms with Crippen LogP contribution < -0.4 is 0 Å². The van der Waals surface area contributed by atoms with E-state index in [1.807, 2.05) is 13.8 Å². The average molecular weight is 196 g/mol. The molecule has 0 bridgehead atoms. The number of aryl methyl sites for hydroxylation is 2. The summed E-state index contributed by atoms with van der Waals surface area (Å²) in [6.07, 6.45) is 0.884. The quantitative estimate of drug-likeness (QED) is 0.604. The first-order valence-corrected chi connectivity index (χ1v) is 4.49. The van der Waals surface area contributed by atoms with Crippen LogP contribution in [0.15, 0.2) is 6.33 Å². The minimum atomic E-state index is -0.705. The fourth-order valence-electron chi connectivity index (χ4n) is 1.11. The van der Waals surface area contributed by atoms with Crippen LogP contribution in [0.4, 0.5) is 4.39 Å². The van der Waals surface area contributed by atoms with Gasteiger partial charge in [-0.1, -0.05) is 13.8 Å². The van der Waals surface area contributed by atoms with Crippen LogP contribution >= 0.6 is 0 Å². The van der Waals surface area contributed by atoms with Crippen LogP contribution in [-0.4, -0.2) is 19.5 Å². The number of aromatic nitrogens is 4.